The highest BCUT2D eigenvalue weighted by atomic mass is 35.5. The number of fused-ring (bicyclic) bond motifs is 2. The summed E-state index contributed by atoms with van der Waals surface area (Å²) >= 11 is 5.68. The maximum Gasteiger partial charge on any atom is 0.182 e. The van der Waals surface area contributed by atoms with E-state index in [2.05, 4.69) is 39.9 Å². The van der Waals surface area contributed by atoms with Crippen molar-refractivity contribution < 1.29 is 5.21 Å². The minimum absolute atomic E-state index is 0.326. The average molecular weight is 306 g/mol. The molecule has 4 aromatic rings. The highest BCUT2D eigenvalue weighted by Crippen LogP contribution is 2.13. The molecule has 0 fully saturated rings. The van der Waals surface area contributed by atoms with Crippen molar-refractivity contribution >= 4 is 39.7 Å². The topological polar surface area (TPSA) is 141 Å². The van der Waals surface area contributed by atoms with Gasteiger partial charge in [0.05, 0.1) is 12.7 Å². The van der Waals surface area contributed by atoms with Crippen LogP contribution in [0.2, 0.25) is 5.15 Å². The fourth-order valence-electron chi connectivity index (χ4n) is 1.59. The molecule has 11 heteroatoms. The summed E-state index contributed by atoms with van der Waals surface area (Å²) in [6.07, 6.45) is 5.72. The van der Waals surface area contributed by atoms with Crippen molar-refractivity contribution in [2.45, 2.75) is 0 Å². The molecule has 21 heavy (non-hydrogen) atoms. The van der Waals surface area contributed by atoms with Crippen LogP contribution in [0.5, 0.6) is 0 Å². The zero-order valence-corrected chi connectivity index (χ0v) is 11.1. The molecule has 4 rings (SSSR count). The fourth-order valence-corrected chi connectivity index (χ4v) is 1.77. The molecule has 0 unspecified atom stereocenters. The van der Waals surface area contributed by atoms with E-state index in [0.29, 0.717) is 33.3 Å². The monoisotopic (exact) mass is 305 g/mol. The van der Waals surface area contributed by atoms with Crippen molar-refractivity contribution in [2.24, 2.45) is 0 Å². The molecule has 4 heterocycles. The van der Waals surface area contributed by atoms with E-state index in [4.69, 9.17) is 16.8 Å². The molecule has 0 atom stereocenters. The second kappa shape index (κ2) is 5.64. The molecule has 0 aliphatic heterocycles. The number of nitrogens with zero attached hydrogens (tertiary/aromatic N) is 6. The number of nitrogens with one attached hydrogen (secondary N) is 3. The highest BCUT2D eigenvalue weighted by Gasteiger charge is 2.02. The Hall–Kier alpha value is -2.85. The molecule has 0 aliphatic rings. The number of hydrogen-bond acceptors (Lipinski definition) is 8. The third kappa shape index (κ3) is 2.57. The first-order valence-electron chi connectivity index (χ1n) is 5.63. The van der Waals surface area contributed by atoms with Gasteiger partial charge in [-0.1, -0.05) is 11.6 Å². The Kier molecular flexibility index (Phi) is 3.53. The van der Waals surface area contributed by atoms with Gasteiger partial charge in [0, 0.05) is 0 Å². The van der Waals surface area contributed by atoms with Gasteiger partial charge in [0.2, 0.25) is 0 Å². The van der Waals surface area contributed by atoms with Gasteiger partial charge >= 0.3 is 0 Å². The molecule has 106 valence electrons. The van der Waals surface area contributed by atoms with E-state index in [0.717, 1.165) is 0 Å². The van der Waals surface area contributed by atoms with Gasteiger partial charge in [-0.05, 0) is 0 Å². The normalized spacial score (nSPS) is 10.4. The molecular weight excluding hydrogens is 298 g/mol. The average Bonchev–Trinajstić information content (AvgIpc) is 3.16. The number of rotatable bonds is 1. The summed E-state index contributed by atoms with van der Waals surface area (Å²) < 4.78 is 0. The van der Waals surface area contributed by atoms with Crippen LogP contribution >= 0.6 is 11.6 Å². The van der Waals surface area contributed by atoms with Crippen molar-refractivity contribution in [3.63, 3.8) is 0 Å². The van der Waals surface area contributed by atoms with Crippen LogP contribution < -0.4 is 5.48 Å². The lowest BCUT2D eigenvalue weighted by Gasteiger charge is -1.95. The quantitative estimate of drug-likeness (QED) is 0.303. The number of halogens is 1. The Labute approximate surface area is 121 Å². The number of aromatic nitrogens is 8. The van der Waals surface area contributed by atoms with Crippen molar-refractivity contribution in [2.75, 3.05) is 5.48 Å². The standard InChI is InChI=1S/C5H3ClN4.C5H5N5O/c6-4-3-5(9-1-7-3)10-2-8-4;11-10-5-3-4(7-1-6-3)8-2-9-5/h1-2H,(H,7,8,9,10);1-2,11H,(H2,6,7,8,9,10). The Balaban J connectivity index is 0.000000126. The summed E-state index contributed by atoms with van der Waals surface area (Å²) in [6.45, 7) is 0. The van der Waals surface area contributed by atoms with Gasteiger partial charge < -0.3 is 9.97 Å². The van der Waals surface area contributed by atoms with Crippen LogP contribution in [0.25, 0.3) is 22.3 Å². The van der Waals surface area contributed by atoms with Crippen LogP contribution in [-0.2, 0) is 0 Å². The van der Waals surface area contributed by atoms with E-state index >= 15 is 0 Å². The third-order valence-corrected chi connectivity index (χ3v) is 2.79. The summed E-state index contributed by atoms with van der Waals surface area (Å²) in [4.78, 5) is 28.6. The predicted molar refractivity (Wildman–Crippen MR) is 73.8 cm³/mol. The van der Waals surface area contributed by atoms with Gasteiger partial charge in [0.15, 0.2) is 22.3 Å². The second-order valence-corrected chi connectivity index (χ2v) is 4.06. The largest absolute Gasteiger partial charge is 0.341 e. The molecule has 0 aromatic carbocycles. The Morgan fingerprint density at radius 2 is 1.48 bits per heavy atom. The smallest absolute Gasteiger partial charge is 0.182 e. The molecule has 4 N–H and O–H groups in total. The molecule has 10 nitrogen and oxygen atoms in total. The SMILES string of the molecule is Clc1ncnc2nc[nH]c12.ONc1ncnc2nc[nH]c12. The fraction of sp³-hybridized carbons (Fsp3) is 0. The first-order valence-corrected chi connectivity index (χ1v) is 6.01. The molecular formula is C10H8ClN9O. The predicted octanol–water partition coefficient (Wildman–Crippen LogP) is 1.16. The number of H-pyrrole nitrogens is 2. The van der Waals surface area contributed by atoms with Gasteiger partial charge in [0.25, 0.3) is 0 Å². The summed E-state index contributed by atoms with van der Waals surface area (Å²) in [7, 11) is 0. The van der Waals surface area contributed by atoms with Gasteiger partial charge in [-0.25, -0.2) is 29.9 Å². The van der Waals surface area contributed by atoms with Crippen molar-refractivity contribution in [3.8, 4) is 0 Å². The van der Waals surface area contributed by atoms with Crippen molar-refractivity contribution in [1.82, 2.24) is 39.9 Å². The number of anilines is 1. The van der Waals surface area contributed by atoms with Crippen molar-refractivity contribution in [1.29, 1.82) is 0 Å². The molecule has 0 saturated carbocycles. The lowest BCUT2D eigenvalue weighted by Crippen LogP contribution is -1.94. The first-order chi connectivity index (χ1) is 10.3. The van der Waals surface area contributed by atoms with Crippen LogP contribution in [0.3, 0.4) is 0 Å². The van der Waals surface area contributed by atoms with Crippen LogP contribution in [0, 0.1) is 0 Å². The lowest BCUT2D eigenvalue weighted by atomic mass is 10.5. The number of hydrogen-bond donors (Lipinski definition) is 4. The highest BCUT2D eigenvalue weighted by molar-refractivity contribution is 6.33. The Bertz CT molecular complexity index is 873. The minimum atomic E-state index is 0.326. The maximum atomic E-state index is 8.57. The van der Waals surface area contributed by atoms with E-state index in [9.17, 15) is 0 Å². The Morgan fingerprint density at radius 3 is 2.14 bits per heavy atom. The molecule has 0 spiro atoms. The Morgan fingerprint density at radius 1 is 0.857 bits per heavy atom. The lowest BCUT2D eigenvalue weighted by molar-refractivity contribution is 0.386. The molecule has 0 saturated heterocycles. The van der Waals surface area contributed by atoms with Gasteiger partial charge in [0.1, 0.15) is 23.7 Å². The maximum absolute atomic E-state index is 8.57. The zero-order chi connectivity index (χ0) is 14.7. The first kappa shape index (κ1) is 13.1. The van der Waals surface area contributed by atoms with Crippen molar-refractivity contribution in [3.05, 3.63) is 30.5 Å². The van der Waals surface area contributed by atoms with Crippen LogP contribution in [-0.4, -0.2) is 45.1 Å². The minimum Gasteiger partial charge on any atom is -0.341 e. The van der Waals surface area contributed by atoms with Crippen LogP contribution in [0.15, 0.2) is 25.3 Å². The number of aromatic amines is 2. The second-order valence-electron chi connectivity index (χ2n) is 3.70. The van der Waals surface area contributed by atoms with E-state index in [1.165, 1.54) is 25.3 Å². The molecule has 0 bridgehead atoms. The van der Waals surface area contributed by atoms with Crippen LogP contribution in [0.1, 0.15) is 0 Å². The van der Waals surface area contributed by atoms with E-state index < -0.39 is 0 Å². The summed E-state index contributed by atoms with van der Waals surface area (Å²) in [5.74, 6) is 0.326. The van der Waals surface area contributed by atoms with Gasteiger partial charge in [-0.15, -0.1) is 0 Å². The molecule has 0 amide bonds. The summed E-state index contributed by atoms with van der Waals surface area (Å²) in [5, 5.41) is 8.97. The van der Waals surface area contributed by atoms with E-state index in [-0.39, 0.29) is 0 Å². The molecule has 0 radical (unpaired) electrons. The number of imidazole rings is 2. The summed E-state index contributed by atoms with van der Waals surface area (Å²) in [6, 6.07) is 0. The van der Waals surface area contributed by atoms with Gasteiger partial charge in [-0.3, -0.25) is 10.7 Å². The van der Waals surface area contributed by atoms with Gasteiger partial charge in [-0.2, -0.15) is 0 Å². The third-order valence-electron chi connectivity index (χ3n) is 2.51. The molecule has 0 aliphatic carbocycles. The van der Waals surface area contributed by atoms with E-state index in [1.807, 2.05) is 5.48 Å². The zero-order valence-electron chi connectivity index (χ0n) is 10.3. The van der Waals surface area contributed by atoms with E-state index in [1.54, 1.807) is 0 Å². The molecule has 4 aromatic heterocycles. The van der Waals surface area contributed by atoms with Crippen LogP contribution in [0.4, 0.5) is 5.82 Å². The summed E-state index contributed by atoms with van der Waals surface area (Å²) in [5.41, 5.74) is 4.33.